The Labute approximate surface area is 123 Å². The molecule has 1 aromatic rings. The number of aliphatic carboxylic acids is 1. The summed E-state index contributed by atoms with van der Waals surface area (Å²) in [7, 11) is 0. The minimum atomic E-state index is -0.800. The molecule has 0 aliphatic heterocycles. The molecule has 2 aliphatic carbocycles. The van der Waals surface area contributed by atoms with Crippen molar-refractivity contribution in [3.05, 3.63) is 5.82 Å². The van der Waals surface area contributed by atoms with Crippen LogP contribution in [0.15, 0.2) is 5.16 Å². The Hall–Kier alpha value is -1.04. The van der Waals surface area contributed by atoms with Gasteiger partial charge in [0.05, 0.1) is 5.75 Å². The second-order valence-electron chi connectivity index (χ2n) is 5.95. The van der Waals surface area contributed by atoms with Crippen molar-refractivity contribution in [2.24, 2.45) is 5.92 Å². The fraction of sp³-hybridized carbons (Fsp3) is 0.786. The molecule has 6 heteroatoms. The lowest BCUT2D eigenvalue weighted by Crippen LogP contribution is -2.17. The van der Waals surface area contributed by atoms with E-state index in [1.54, 1.807) is 0 Å². The predicted octanol–water partition coefficient (Wildman–Crippen LogP) is 3.08. The van der Waals surface area contributed by atoms with E-state index in [1.807, 2.05) is 0 Å². The maximum absolute atomic E-state index is 10.8. The van der Waals surface area contributed by atoms with Crippen LogP contribution in [0.1, 0.15) is 63.2 Å². The summed E-state index contributed by atoms with van der Waals surface area (Å²) in [5.74, 6) is 1.57. The first kappa shape index (κ1) is 13.9. The van der Waals surface area contributed by atoms with Crippen molar-refractivity contribution in [1.82, 2.24) is 14.8 Å². The van der Waals surface area contributed by atoms with Gasteiger partial charge in [-0.3, -0.25) is 4.79 Å². The van der Waals surface area contributed by atoms with E-state index in [9.17, 15) is 4.79 Å². The maximum atomic E-state index is 10.8. The fourth-order valence-corrected chi connectivity index (χ4v) is 3.92. The zero-order valence-electron chi connectivity index (χ0n) is 11.8. The van der Waals surface area contributed by atoms with Gasteiger partial charge >= 0.3 is 5.97 Å². The summed E-state index contributed by atoms with van der Waals surface area (Å²) in [6.45, 7) is 2.25. The van der Waals surface area contributed by atoms with Crippen molar-refractivity contribution in [1.29, 1.82) is 0 Å². The highest BCUT2D eigenvalue weighted by atomic mass is 32.2. The molecule has 1 atom stereocenters. The van der Waals surface area contributed by atoms with E-state index < -0.39 is 5.97 Å². The molecule has 110 valence electrons. The lowest BCUT2D eigenvalue weighted by Gasteiger charge is -2.23. The molecule has 0 spiro atoms. The van der Waals surface area contributed by atoms with Crippen LogP contribution >= 0.6 is 11.8 Å². The van der Waals surface area contributed by atoms with Crippen molar-refractivity contribution in [3.63, 3.8) is 0 Å². The van der Waals surface area contributed by atoms with Crippen LogP contribution in [-0.4, -0.2) is 31.6 Å². The zero-order chi connectivity index (χ0) is 14.1. The van der Waals surface area contributed by atoms with Gasteiger partial charge in [0.15, 0.2) is 5.16 Å². The smallest absolute Gasteiger partial charge is 0.313 e. The molecule has 2 fully saturated rings. The van der Waals surface area contributed by atoms with E-state index >= 15 is 0 Å². The van der Waals surface area contributed by atoms with Gasteiger partial charge in [0, 0.05) is 12.0 Å². The standard InChI is InChI=1S/C14H21N3O2S/c1-9(10-4-2-3-5-10)17-13(11-6-7-11)15-16-14(17)20-8-12(18)19/h9-11H,2-8H2,1H3,(H,18,19). The quantitative estimate of drug-likeness (QED) is 0.817. The Balaban J connectivity index is 1.84. The van der Waals surface area contributed by atoms with Crippen molar-refractivity contribution < 1.29 is 9.90 Å². The van der Waals surface area contributed by atoms with E-state index in [-0.39, 0.29) is 5.75 Å². The van der Waals surface area contributed by atoms with E-state index in [4.69, 9.17) is 5.11 Å². The highest BCUT2D eigenvalue weighted by molar-refractivity contribution is 7.99. The van der Waals surface area contributed by atoms with Gasteiger partial charge in [-0.25, -0.2) is 0 Å². The molecule has 0 radical (unpaired) electrons. The second kappa shape index (κ2) is 5.76. The van der Waals surface area contributed by atoms with Crippen LogP contribution in [0.5, 0.6) is 0 Å². The number of aromatic nitrogens is 3. The maximum Gasteiger partial charge on any atom is 0.313 e. The number of nitrogens with zero attached hydrogens (tertiary/aromatic N) is 3. The number of hydrogen-bond acceptors (Lipinski definition) is 4. The average Bonchev–Trinajstić information content (AvgIpc) is 2.97. The lowest BCUT2D eigenvalue weighted by atomic mass is 9.99. The van der Waals surface area contributed by atoms with Crippen LogP contribution in [0.2, 0.25) is 0 Å². The third-order valence-electron chi connectivity index (χ3n) is 4.45. The Morgan fingerprint density at radius 1 is 1.35 bits per heavy atom. The minimum absolute atomic E-state index is 0.0557. The summed E-state index contributed by atoms with van der Waals surface area (Å²) in [4.78, 5) is 10.8. The zero-order valence-corrected chi connectivity index (χ0v) is 12.6. The molecular weight excluding hydrogens is 274 g/mol. The van der Waals surface area contributed by atoms with Crippen molar-refractivity contribution >= 4 is 17.7 Å². The Kier molecular flexibility index (Phi) is 4.01. The van der Waals surface area contributed by atoms with Gasteiger partial charge < -0.3 is 9.67 Å². The lowest BCUT2D eigenvalue weighted by molar-refractivity contribution is -0.133. The number of rotatable bonds is 6. The van der Waals surface area contributed by atoms with E-state index in [0.717, 1.165) is 11.0 Å². The highest BCUT2D eigenvalue weighted by Crippen LogP contribution is 2.43. The van der Waals surface area contributed by atoms with Gasteiger partial charge in [0.2, 0.25) is 0 Å². The topological polar surface area (TPSA) is 68.0 Å². The monoisotopic (exact) mass is 295 g/mol. The van der Waals surface area contributed by atoms with Crippen LogP contribution in [0, 0.1) is 5.92 Å². The van der Waals surface area contributed by atoms with Gasteiger partial charge in [-0.15, -0.1) is 10.2 Å². The molecular formula is C14H21N3O2S. The number of carboxylic acids is 1. The van der Waals surface area contributed by atoms with Gasteiger partial charge in [0.25, 0.3) is 0 Å². The van der Waals surface area contributed by atoms with E-state index in [0.29, 0.717) is 17.9 Å². The molecule has 0 amide bonds. The molecule has 0 saturated heterocycles. The van der Waals surface area contributed by atoms with Crippen LogP contribution in [0.25, 0.3) is 0 Å². The number of hydrogen-bond donors (Lipinski definition) is 1. The van der Waals surface area contributed by atoms with Crippen LogP contribution in [0.3, 0.4) is 0 Å². The summed E-state index contributed by atoms with van der Waals surface area (Å²) in [6, 6.07) is 0.388. The third-order valence-corrected chi connectivity index (χ3v) is 5.38. The second-order valence-corrected chi connectivity index (χ2v) is 6.90. The molecule has 1 unspecified atom stereocenters. The van der Waals surface area contributed by atoms with Crippen LogP contribution in [0.4, 0.5) is 0 Å². The molecule has 0 bridgehead atoms. The van der Waals surface area contributed by atoms with Gasteiger partial charge in [-0.2, -0.15) is 0 Å². The largest absolute Gasteiger partial charge is 0.481 e. The van der Waals surface area contributed by atoms with Crippen molar-refractivity contribution in [2.75, 3.05) is 5.75 Å². The Morgan fingerprint density at radius 3 is 2.65 bits per heavy atom. The molecule has 2 saturated carbocycles. The molecule has 20 heavy (non-hydrogen) atoms. The molecule has 5 nitrogen and oxygen atoms in total. The average molecular weight is 295 g/mol. The number of carboxylic acid groups (broad SMARTS) is 1. The number of thioether (sulfide) groups is 1. The van der Waals surface area contributed by atoms with Gasteiger partial charge in [-0.1, -0.05) is 24.6 Å². The molecule has 3 rings (SSSR count). The summed E-state index contributed by atoms with van der Waals surface area (Å²) in [5.41, 5.74) is 0. The Bertz CT molecular complexity index is 493. The molecule has 1 N–H and O–H groups in total. The molecule has 1 aromatic heterocycles. The SMILES string of the molecule is CC(C1CCCC1)n1c(SCC(=O)O)nnc1C1CC1. The van der Waals surface area contributed by atoms with Gasteiger partial charge in [0.1, 0.15) is 5.82 Å². The van der Waals surface area contributed by atoms with Gasteiger partial charge in [-0.05, 0) is 38.5 Å². The highest BCUT2D eigenvalue weighted by Gasteiger charge is 2.34. The van der Waals surface area contributed by atoms with Crippen molar-refractivity contribution in [2.45, 2.75) is 62.6 Å². The Morgan fingerprint density at radius 2 is 2.05 bits per heavy atom. The molecule has 2 aliphatic rings. The molecule has 1 heterocycles. The van der Waals surface area contributed by atoms with E-state index in [2.05, 4.69) is 21.7 Å². The minimum Gasteiger partial charge on any atom is -0.481 e. The van der Waals surface area contributed by atoms with Crippen LogP contribution in [-0.2, 0) is 4.79 Å². The first-order chi connectivity index (χ1) is 9.66. The fourth-order valence-electron chi connectivity index (χ4n) is 3.17. The van der Waals surface area contributed by atoms with Crippen molar-refractivity contribution in [3.8, 4) is 0 Å². The number of carbonyl (C=O) groups is 1. The molecule has 0 aromatic carbocycles. The third kappa shape index (κ3) is 2.85. The summed E-state index contributed by atoms with van der Waals surface area (Å²) in [6.07, 6.45) is 7.55. The summed E-state index contributed by atoms with van der Waals surface area (Å²) in [5, 5.41) is 18.3. The predicted molar refractivity (Wildman–Crippen MR) is 77.0 cm³/mol. The van der Waals surface area contributed by atoms with E-state index in [1.165, 1.54) is 50.3 Å². The summed E-state index contributed by atoms with van der Waals surface area (Å²) >= 11 is 1.30. The summed E-state index contributed by atoms with van der Waals surface area (Å²) < 4.78 is 2.24. The van der Waals surface area contributed by atoms with Crippen LogP contribution < -0.4 is 0 Å². The normalized spacial score (nSPS) is 21.2. The first-order valence-electron chi connectivity index (χ1n) is 7.46. The first-order valence-corrected chi connectivity index (χ1v) is 8.44.